The first kappa shape index (κ1) is 16.8. The molecule has 1 amide bonds. The molecule has 0 radical (unpaired) electrons. The fraction of sp³-hybridized carbons (Fsp3) is 0.100. The molecule has 3 aromatic carbocycles. The van der Waals surface area contributed by atoms with Crippen LogP contribution in [0.25, 0.3) is 21.0 Å². The molecule has 0 aliphatic heterocycles. The number of ether oxygens (including phenoxy) is 1. The molecule has 0 saturated carbocycles. The first-order valence-electron chi connectivity index (χ1n) is 8.00. The lowest BCUT2D eigenvalue weighted by Gasteiger charge is -2.10. The molecule has 130 valence electrons. The van der Waals surface area contributed by atoms with Gasteiger partial charge in [-0.2, -0.15) is 0 Å². The summed E-state index contributed by atoms with van der Waals surface area (Å²) in [4.78, 5) is 17.3. The molecule has 4 rings (SSSR count). The number of methoxy groups -OCH3 is 1. The molecule has 0 aliphatic carbocycles. The zero-order valence-electron chi connectivity index (χ0n) is 14.2. The third-order valence-corrected chi connectivity index (χ3v) is 5.63. The van der Waals surface area contributed by atoms with Crippen LogP contribution in [-0.4, -0.2) is 18.0 Å². The number of fused-ring (bicyclic) bond motifs is 2. The largest absolute Gasteiger partial charge is 0.496 e. The Morgan fingerprint density at radius 2 is 1.88 bits per heavy atom. The summed E-state index contributed by atoms with van der Waals surface area (Å²) < 4.78 is 6.39. The van der Waals surface area contributed by atoms with Crippen molar-refractivity contribution in [2.75, 3.05) is 12.4 Å². The normalized spacial score (nSPS) is 11.0. The standard InChI is InChI=1S/C20H15ClN2O2S/c1-11-15(21)7-8-17-18(11)22-20(26-17)23-19(24)14-9-12-5-3-4-6-13(12)10-16(14)25-2/h3-10H,1-2H3,(H,22,23,24). The van der Waals surface area contributed by atoms with E-state index in [1.807, 2.05) is 55.5 Å². The van der Waals surface area contributed by atoms with Gasteiger partial charge in [-0.3, -0.25) is 10.1 Å². The predicted molar refractivity (Wildman–Crippen MR) is 108 cm³/mol. The van der Waals surface area contributed by atoms with Gasteiger partial charge in [-0.1, -0.05) is 47.2 Å². The summed E-state index contributed by atoms with van der Waals surface area (Å²) in [5.41, 5.74) is 2.19. The van der Waals surface area contributed by atoms with Crippen molar-refractivity contribution in [1.29, 1.82) is 0 Å². The molecule has 26 heavy (non-hydrogen) atoms. The average Bonchev–Trinajstić information content (AvgIpc) is 3.07. The SMILES string of the molecule is COc1cc2ccccc2cc1C(=O)Nc1nc2c(C)c(Cl)ccc2s1. The van der Waals surface area contributed by atoms with Gasteiger partial charge in [0.25, 0.3) is 5.91 Å². The topological polar surface area (TPSA) is 51.2 Å². The summed E-state index contributed by atoms with van der Waals surface area (Å²) >= 11 is 7.57. The minimum Gasteiger partial charge on any atom is -0.496 e. The fourth-order valence-electron chi connectivity index (χ4n) is 2.88. The van der Waals surface area contributed by atoms with Gasteiger partial charge in [0.2, 0.25) is 0 Å². The Kier molecular flexibility index (Phi) is 4.26. The fourth-order valence-corrected chi connectivity index (χ4v) is 3.96. The Bertz CT molecular complexity index is 1150. The van der Waals surface area contributed by atoms with Crippen LogP contribution in [0.3, 0.4) is 0 Å². The van der Waals surface area contributed by atoms with E-state index in [1.54, 1.807) is 7.11 Å². The van der Waals surface area contributed by atoms with E-state index >= 15 is 0 Å². The number of anilines is 1. The first-order chi connectivity index (χ1) is 12.6. The molecular weight excluding hydrogens is 368 g/mol. The highest BCUT2D eigenvalue weighted by Crippen LogP contribution is 2.33. The number of carbonyl (C=O) groups is 1. The molecule has 6 heteroatoms. The molecular formula is C20H15ClN2O2S. The minimum atomic E-state index is -0.254. The van der Waals surface area contributed by atoms with Gasteiger partial charge in [0, 0.05) is 5.02 Å². The van der Waals surface area contributed by atoms with E-state index in [0.29, 0.717) is 21.5 Å². The molecule has 1 aromatic heterocycles. The highest BCUT2D eigenvalue weighted by atomic mass is 35.5. The van der Waals surface area contributed by atoms with E-state index < -0.39 is 0 Å². The Morgan fingerprint density at radius 1 is 1.15 bits per heavy atom. The van der Waals surface area contributed by atoms with Crippen LogP contribution >= 0.6 is 22.9 Å². The number of carbonyl (C=O) groups excluding carboxylic acids is 1. The van der Waals surface area contributed by atoms with Gasteiger partial charge in [0.1, 0.15) is 5.75 Å². The summed E-state index contributed by atoms with van der Waals surface area (Å²) in [7, 11) is 1.56. The maximum absolute atomic E-state index is 12.8. The average molecular weight is 383 g/mol. The van der Waals surface area contributed by atoms with Crippen LogP contribution in [0.1, 0.15) is 15.9 Å². The van der Waals surface area contributed by atoms with Gasteiger partial charge >= 0.3 is 0 Å². The van der Waals surface area contributed by atoms with Gasteiger partial charge in [0.05, 0.1) is 22.9 Å². The van der Waals surface area contributed by atoms with Crippen LogP contribution in [0.15, 0.2) is 48.5 Å². The zero-order chi connectivity index (χ0) is 18.3. The lowest BCUT2D eigenvalue weighted by molar-refractivity contribution is 0.102. The molecule has 0 bridgehead atoms. The van der Waals surface area contributed by atoms with Gasteiger partial charge in [-0.15, -0.1) is 0 Å². The van der Waals surface area contributed by atoms with E-state index in [4.69, 9.17) is 16.3 Å². The maximum Gasteiger partial charge on any atom is 0.261 e. The zero-order valence-corrected chi connectivity index (χ0v) is 15.7. The van der Waals surface area contributed by atoms with E-state index in [0.717, 1.165) is 26.6 Å². The first-order valence-corrected chi connectivity index (χ1v) is 9.20. The number of aryl methyl sites for hydroxylation is 1. The number of nitrogens with zero attached hydrogens (tertiary/aromatic N) is 1. The number of hydrogen-bond acceptors (Lipinski definition) is 4. The molecule has 0 aliphatic rings. The Morgan fingerprint density at radius 3 is 2.62 bits per heavy atom. The monoisotopic (exact) mass is 382 g/mol. The molecule has 0 saturated heterocycles. The predicted octanol–water partition coefficient (Wildman–Crippen LogP) is 5.67. The second kappa shape index (κ2) is 6.59. The highest BCUT2D eigenvalue weighted by Gasteiger charge is 2.16. The molecule has 0 unspecified atom stereocenters. The van der Waals surface area contributed by atoms with Crippen molar-refractivity contribution in [3.8, 4) is 5.75 Å². The van der Waals surface area contributed by atoms with Crippen molar-refractivity contribution in [3.63, 3.8) is 0 Å². The number of hydrogen-bond donors (Lipinski definition) is 1. The summed E-state index contributed by atoms with van der Waals surface area (Å²) in [6, 6.07) is 15.3. The Labute approximate surface area is 159 Å². The summed E-state index contributed by atoms with van der Waals surface area (Å²) in [6.45, 7) is 1.92. The second-order valence-electron chi connectivity index (χ2n) is 5.89. The van der Waals surface area contributed by atoms with E-state index in [9.17, 15) is 4.79 Å². The number of amides is 1. The number of aromatic nitrogens is 1. The lowest BCUT2D eigenvalue weighted by atomic mass is 10.1. The van der Waals surface area contributed by atoms with Crippen LogP contribution in [0.4, 0.5) is 5.13 Å². The molecule has 1 N–H and O–H groups in total. The van der Waals surface area contributed by atoms with Crippen LogP contribution in [0.2, 0.25) is 5.02 Å². The molecule has 0 fully saturated rings. The number of halogens is 1. The van der Waals surface area contributed by atoms with Crippen LogP contribution in [0, 0.1) is 6.92 Å². The highest BCUT2D eigenvalue weighted by molar-refractivity contribution is 7.22. The molecule has 4 aromatic rings. The number of nitrogens with one attached hydrogen (secondary N) is 1. The van der Waals surface area contributed by atoms with Gasteiger partial charge in [0.15, 0.2) is 5.13 Å². The quantitative estimate of drug-likeness (QED) is 0.496. The minimum absolute atomic E-state index is 0.254. The number of benzene rings is 3. The molecule has 1 heterocycles. The number of thiazole rings is 1. The summed E-state index contributed by atoms with van der Waals surface area (Å²) in [5, 5.41) is 6.07. The van der Waals surface area contributed by atoms with Crippen LogP contribution < -0.4 is 10.1 Å². The smallest absolute Gasteiger partial charge is 0.261 e. The second-order valence-corrected chi connectivity index (χ2v) is 7.33. The molecule has 0 atom stereocenters. The third-order valence-electron chi connectivity index (χ3n) is 4.28. The van der Waals surface area contributed by atoms with Crippen LogP contribution in [0.5, 0.6) is 5.75 Å². The van der Waals surface area contributed by atoms with E-state index in [2.05, 4.69) is 10.3 Å². The van der Waals surface area contributed by atoms with Crippen LogP contribution in [-0.2, 0) is 0 Å². The summed E-state index contributed by atoms with van der Waals surface area (Å²) in [6.07, 6.45) is 0. The number of rotatable bonds is 3. The van der Waals surface area contributed by atoms with Gasteiger partial charge < -0.3 is 4.74 Å². The van der Waals surface area contributed by atoms with Crippen molar-refractivity contribution in [2.24, 2.45) is 0 Å². The Hall–Kier alpha value is -2.63. The van der Waals surface area contributed by atoms with Gasteiger partial charge in [-0.05, 0) is 47.5 Å². The van der Waals surface area contributed by atoms with Gasteiger partial charge in [-0.25, -0.2) is 4.98 Å². The maximum atomic E-state index is 12.8. The summed E-state index contributed by atoms with van der Waals surface area (Å²) in [5.74, 6) is 0.275. The third kappa shape index (κ3) is 2.89. The van der Waals surface area contributed by atoms with Crippen molar-refractivity contribution in [2.45, 2.75) is 6.92 Å². The molecule has 4 nitrogen and oxygen atoms in total. The molecule has 0 spiro atoms. The van der Waals surface area contributed by atoms with Crippen molar-refractivity contribution < 1.29 is 9.53 Å². The Balaban J connectivity index is 1.72. The lowest BCUT2D eigenvalue weighted by Crippen LogP contribution is -2.13. The van der Waals surface area contributed by atoms with E-state index in [-0.39, 0.29) is 5.91 Å². The van der Waals surface area contributed by atoms with Crippen molar-refractivity contribution in [3.05, 3.63) is 64.7 Å². The van der Waals surface area contributed by atoms with E-state index in [1.165, 1.54) is 11.3 Å². The van der Waals surface area contributed by atoms with Crippen molar-refractivity contribution in [1.82, 2.24) is 4.98 Å². The van der Waals surface area contributed by atoms with Crippen molar-refractivity contribution >= 4 is 55.0 Å².